The van der Waals surface area contributed by atoms with E-state index in [2.05, 4.69) is 24.1 Å². The topological polar surface area (TPSA) is 69.6 Å². The number of nitrogens with zero attached hydrogens (tertiary/aromatic N) is 1. The van der Waals surface area contributed by atoms with Crippen molar-refractivity contribution in [2.24, 2.45) is 5.92 Å². The minimum Gasteiger partial charge on any atom is -0.394 e. The summed E-state index contributed by atoms with van der Waals surface area (Å²) in [6.45, 7) is 2.23. The molecule has 1 saturated heterocycles. The average molecular weight is 429 g/mol. The fourth-order valence-electron chi connectivity index (χ4n) is 4.44. The van der Waals surface area contributed by atoms with E-state index in [0.717, 1.165) is 35.7 Å². The third-order valence-electron chi connectivity index (χ3n) is 5.85. The van der Waals surface area contributed by atoms with E-state index < -0.39 is 21.9 Å². The summed E-state index contributed by atoms with van der Waals surface area (Å²) in [5.41, 5.74) is 2.43. The zero-order valence-corrected chi connectivity index (χ0v) is 17.6. The van der Waals surface area contributed by atoms with E-state index >= 15 is 0 Å². The maximum absolute atomic E-state index is 14.4. The van der Waals surface area contributed by atoms with Crippen LogP contribution in [-0.4, -0.2) is 37.0 Å². The molecular formula is C23H25FN2O3S. The molecule has 0 amide bonds. The zero-order chi connectivity index (χ0) is 21.3. The number of hydrogen-bond acceptors (Lipinski definition) is 4. The van der Waals surface area contributed by atoms with Crippen molar-refractivity contribution in [3.05, 3.63) is 59.4 Å². The van der Waals surface area contributed by atoms with Gasteiger partial charge in [-0.2, -0.15) is 4.31 Å². The van der Waals surface area contributed by atoms with Gasteiger partial charge in [-0.3, -0.25) is 0 Å². The zero-order valence-electron chi connectivity index (χ0n) is 16.8. The molecule has 4 rings (SSSR count). The smallest absolute Gasteiger partial charge is 0.246 e. The number of sulfonamides is 1. The Balaban J connectivity index is 1.80. The summed E-state index contributed by atoms with van der Waals surface area (Å²) in [6.07, 6.45) is 2.35. The average Bonchev–Trinajstić information content (AvgIpc) is 3.20. The number of aliphatic hydroxyl groups excluding tert-OH is 1. The fourth-order valence-corrected chi connectivity index (χ4v) is 6.17. The van der Waals surface area contributed by atoms with Gasteiger partial charge in [0.15, 0.2) is 0 Å². The highest BCUT2D eigenvalue weighted by molar-refractivity contribution is 7.89. The Morgan fingerprint density at radius 1 is 1.27 bits per heavy atom. The quantitative estimate of drug-likeness (QED) is 0.732. The van der Waals surface area contributed by atoms with Gasteiger partial charge in [0.2, 0.25) is 10.0 Å². The summed E-state index contributed by atoms with van der Waals surface area (Å²) in [5, 5.41) is 13.2. The van der Waals surface area contributed by atoms with Gasteiger partial charge in [-0.05, 0) is 48.7 Å². The Bertz CT molecular complexity index is 1110. The van der Waals surface area contributed by atoms with Gasteiger partial charge in [0, 0.05) is 30.1 Å². The molecule has 0 unspecified atom stereocenters. The van der Waals surface area contributed by atoms with Crippen LogP contribution in [0.5, 0.6) is 0 Å². The summed E-state index contributed by atoms with van der Waals surface area (Å²) in [5.74, 6) is 5.40. The van der Waals surface area contributed by atoms with Crippen LogP contribution in [0.15, 0.2) is 47.4 Å². The first-order valence-electron chi connectivity index (χ1n) is 10.2. The van der Waals surface area contributed by atoms with Crippen LogP contribution in [0.1, 0.15) is 43.4 Å². The van der Waals surface area contributed by atoms with E-state index in [9.17, 15) is 17.9 Å². The van der Waals surface area contributed by atoms with E-state index in [-0.39, 0.29) is 30.0 Å². The first kappa shape index (κ1) is 20.9. The van der Waals surface area contributed by atoms with Crippen molar-refractivity contribution in [2.75, 3.05) is 18.5 Å². The molecule has 0 spiro atoms. The van der Waals surface area contributed by atoms with Crippen molar-refractivity contribution < 1.29 is 17.9 Å². The van der Waals surface area contributed by atoms with Crippen molar-refractivity contribution in [3.63, 3.8) is 0 Å². The molecule has 0 bridgehead atoms. The number of halogens is 1. The number of unbranched alkanes of at least 4 members (excludes halogenated alkanes) is 1. The van der Waals surface area contributed by atoms with E-state index in [1.807, 2.05) is 18.2 Å². The maximum Gasteiger partial charge on any atom is 0.246 e. The van der Waals surface area contributed by atoms with E-state index in [1.54, 1.807) is 0 Å². The Kier molecular flexibility index (Phi) is 5.83. The van der Waals surface area contributed by atoms with Gasteiger partial charge < -0.3 is 10.4 Å². The molecule has 2 aliphatic heterocycles. The predicted molar refractivity (Wildman–Crippen MR) is 114 cm³/mol. The van der Waals surface area contributed by atoms with Crippen molar-refractivity contribution in [1.82, 2.24) is 4.31 Å². The molecule has 2 N–H and O–H groups in total. The van der Waals surface area contributed by atoms with Crippen LogP contribution in [-0.2, 0) is 10.0 Å². The molecule has 2 aromatic rings. The van der Waals surface area contributed by atoms with Gasteiger partial charge in [-0.25, -0.2) is 12.8 Å². The van der Waals surface area contributed by atoms with Gasteiger partial charge in [-0.15, -0.1) is 0 Å². The Morgan fingerprint density at radius 3 is 2.80 bits per heavy atom. The van der Waals surface area contributed by atoms with Crippen LogP contribution < -0.4 is 5.32 Å². The minimum absolute atomic E-state index is 0.105. The molecule has 30 heavy (non-hydrogen) atoms. The SMILES string of the molecule is CCCC#Cc1ccc2c(c1)[C@H]1[C@H](CCN1S(=O)(=O)c1ccccc1F)[C@@H](CO)N2. The lowest BCUT2D eigenvalue weighted by molar-refractivity contribution is 0.210. The molecule has 2 aromatic carbocycles. The van der Waals surface area contributed by atoms with Crippen LogP contribution >= 0.6 is 0 Å². The monoisotopic (exact) mass is 428 g/mol. The Hall–Kier alpha value is -2.40. The normalized spacial score (nSPS) is 23.1. The number of anilines is 1. The highest BCUT2D eigenvalue weighted by Crippen LogP contribution is 2.48. The van der Waals surface area contributed by atoms with Crippen molar-refractivity contribution >= 4 is 15.7 Å². The first-order chi connectivity index (χ1) is 14.5. The molecule has 1 fully saturated rings. The van der Waals surface area contributed by atoms with Crippen molar-refractivity contribution in [3.8, 4) is 11.8 Å². The molecule has 2 aliphatic rings. The molecule has 5 nitrogen and oxygen atoms in total. The third kappa shape index (κ3) is 3.60. The van der Waals surface area contributed by atoms with Crippen LogP contribution in [0.25, 0.3) is 0 Å². The van der Waals surface area contributed by atoms with E-state index in [0.29, 0.717) is 6.42 Å². The number of rotatable bonds is 4. The molecule has 2 heterocycles. The Morgan fingerprint density at radius 2 is 2.07 bits per heavy atom. The van der Waals surface area contributed by atoms with Crippen molar-refractivity contribution in [1.29, 1.82) is 0 Å². The first-order valence-corrected chi connectivity index (χ1v) is 11.7. The van der Waals surface area contributed by atoms with Crippen LogP contribution in [0, 0.1) is 23.6 Å². The molecule has 3 atom stereocenters. The van der Waals surface area contributed by atoms with Crippen LogP contribution in [0.2, 0.25) is 0 Å². The second-order valence-corrected chi connectivity index (χ2v) is 9.59. The molecule has 0 aromatic heterocycles. The predicted octanol–water partition coefficient (Wildman–Crippen LogP) is 3.52. The fraction of sp³-hybridized carbons (Fsp3) is 0.391. The number of nitrogens with one attached hydrogen (secondary N) is 1. The largest absolute Gasteiger partial charge is 0.394 e. The van der Waals surface area contributed by atoms with Gasteiger partial charge in [0.25, 0.3) is 0 Å². The van der Waals surface area contributed by atoms with Gasteiger partial charge in [0.05, 0.1) is 18.7 Å². The highest BCUT2D eigenvalue weighted by atomic mass is 32.2. The summed E-state index contributed by atoms with van der Waals surface area (Å²) in [4.78, 5) is -0.315. The lowest BCUT2D eigenvalue weighted by atomic mass is 9.83. The summed E-state index contributed by atoms with van der Waals surface area (Å²) >= 11 is 0. The summed E-state index contributed by atoms with van der Waals surface area (Å²) < 4.78 is 42.5. The lowest BCUT2D eigenvalue weighted by Crippen LogP contribution is -2.43. The van der Waals surface area contributed by atoms with Crippen LogP contribution in [0.3, 0.4) is 0 Å². The number of fused-ring (bicyclic) bond motifs is 3. The van der Waals surface area contributed by atoms with E-state index in [1.165, 1.54) is 22.5 Å². The van der Waals surface area contributed by atoms with E-state index in [4.69, 9.17) is 0 Å². The standard InChI is InChI=1S/C23H25FN2O3S/c1-2-3-4-7-16-10-11-20-18(14-16)23-17(21(15-27)25-20)12-13-26(23)30(28,29)22-9-6-5-8-19(22)24/h5-6,8-11,14,17,21,23,25,27H,2-3,12-13,15H2,1H3/t17-,21-,23-/m1/s1. The number of benzene rings is 2. The van der Waals surface area contributed by atoms with Crippen LogP contribution in [0.4, 0.5) is 10.1 Å². The lowest BCUT2D eigenvalue weighted by Gasteiger charge is -2.38. The minimum atomic E-state index is -4.03. The molecule has 7 heteroatoms. The molecule has 0 radical (unpaired) electrons. The van der Waals surface area contributed by atoms with Crippen molar-refractivity contribution in [2.45, 2.75) is 43.2 Å². The molecule has 158 valence electrons. The molecular weight excluding hydrogens is 403 g/mol. The second kappa shape index (κ2) is 8.38. The number of hydrogen-bond donors (Lipinski definition) is 2. The summed E-state index contributed by atoms with van der Waals surface area (Å²) in [7, 11) is -4.03. The molecule has 0 saturated carbocycles. The molecule has 0 aliphatic carbocycles. The summed E-state index contributed by atoms with van der Waals surface area (Å²) in [6, 6.07) is 10.4. The van der Waals surface area contributed by atoms with Gasteiger partial charge >= 0.3 is 0 Å². The van der Waals surface area contributed by atoms with Gasteiger partial charge in [-0.1, -0.05) is 30.9 Å². The second-order valence-electron chi connectivity index (χ2n) is 7.73. The Labute approximate surface area is 177 Å². The third-order valence-corrected chi connectivity index (χ3v) is 7.77. The highest BCUT2D eigenvalue weighted by Gasteiger charge is 2.49. The van der Waals surface area contributed by atoms with Gasteiger partial charge in [0.1, 0.15) is 10.7 Å². The number of aliphatic hydroxyl groups is 1. The maximum atomic E-state index is 14.4.